The molecule has 1 atom stereocenters. The Morgan fingerprint density at radius 3 is 2.50 bits per heavy atom. The summed E-state index contributed by atoms with van der Waals surface area (Å²) in [6, 6.07) is 0. The Labute approximate surface area is 96.0 Å². The number of hydrogen-bond donors (Lipinski definition) is 1. The van der Waals surface area contributed by atoms with Crippen molar-refractivity contribution in [3.05, 3.63) is 0 Å². The minimum atomic E-state index is -0.884. The van der Waals surface area contributed by atoms with Crippen LogP contribution in [0.3, 0.4) is 0 Å². The predicted octanol–water partition coefficient (Wildman–Crippen LogP) is 0.260. The van der Waals surface area contributed by atoms with Gasteiger partial charge in [-0.25, -0.2) is 0 Å². The molecule has 0 saturated carbocycles. The van der Waals surface area contributed by atoms with E-state index in [9.17, 15) is 9.59 Å². The van der Waals surface area contributed by atoms with E-state index in [-0.39, 0.29) is 12.3 Å². The topological polar surface area (TPSA) is 60.9 Å². The number of carboxylic acid groups (broad SMARTS) is 1. The summed E-state index contributed by atoms with van der Waals surface area (Å²) in [5.41, 5.74) is -0.584. The Morgan fingerprint density at radius 2 is 2.12 bits per heavy atom. The highest BCUT2D eigenvalue weighted by Gasteiger charge is 2.49. The van der Waals surface area contributed by atoms with Gasteiger partial charge in [0.25, 0.3) is 0 Å². The Balaban J connectivity index is 2.77. The van der Waals surface area contributed by atoms with Gasteiger partial charge in [0, 0.05) is 19.5 Å². The van der Waals surface area contributed by atoms with Crippen molar-refractivity contribution in [2.45, 2.75) is 25.8 Å². The highest BCUT2D eigenvalue weighted by molar-refractivity contribution is 5.88. The van der Waals surface area contributed by atoms with Gasteiger partial charge in [0.2, 0.25) is 5.91 Å². The molecule has 0 aromatic heterocycles. The summed E-state index contributed by atoms with van der Waals surface area (Å²) in [5, 5.41) is 9.07. The molecule has 16 heavy (non-hydrogen) atoms. The number of carboxylic acids is 1. The Morgan fingerprint density at radius 1 is 1.56 bits per heavy atom. The van der Waals surface area contributed by atoms with Crippen LogP contribution in [0.2, 0.25) is 0 Å². The van der Waals surface area contributed by atoms with E-state index in [4.69, 9.17) is 5.11 Å². The molecule has 0 bridgehead atoms. The molecule has 1 rings (SSSR count). The average molecular weight is 228 g/mol. The lowest BCUT2D eigenvalue weighted by Gasteiger charge is -2.35. The van der Waals surface area contributed by atoms with Crippen LogP contribution in [0.15, 0.2) is 0 Å². The zero-order valence-electron chi connectivity index (χ0n) is 10.4. The van der Waals surface area contributed by atoms with Crippen LogP contribution in [-0.2, 0) is 9.59 Å². The molecule has 1 N–H and O–H groups in total. The van der Waals surface area contributed by atoms with E-state index >= 15 is 0 Å². The SMILES string of the molecule is CN(C)CCN1C(=O)CC(C(=O)O)C1(C)C. The average Bonchev–Trinajstić information content (AvgIpc) is 2.34. The third kappa shape index (κ3) is 2.35. The van der Waals surface area contributed by atoms with Crippen LogP contribution < -0.4 is 0 Å². The first-order chi connectivity index (χ1) is 7.26. The molecule has 1 saturated heterocycles. The third-order valence-corrected chi connectivity index (χ3v) is 3.30. The second-order valence-corrected chi connectivity index (χ2v) is 5.10. The van der Waals surface area contributed by atoms with Crippen molar-refractivity contribution in [2.75, 3.05) is 27.2 Å². The van der Waals surface area contributed by atoms with Crippen LogP contribution in [0.4, 0.5) is 0 Å². The van der Waals surface area contributed by atoms with Gasteiger partial charge >= 0.3 is 5.97 Å². The van der Waals surface area contributed by atoms with Crippen LogP contribution in [0, 0.1) is 5.92 Å². The van der Waals surface area contributed by atoms with Crippen LogP contribution in [0.25, 0.3) is 0 Å². The van der Waals surface area contributed by atoms with Crippen molar-refractivity contribution in [3.63, 3.8) is 0 Å². The van der Waals surface area contributed by atoms with E-state index in [1.807, 2.05) is 32.8 Å². The molecule has 1 fully saturated rings. The monoisotopic (exact) mass is 228 g/mol. The molecule has 1 aliphatic heterocycles. The number of hydrogen-bond acceptors (Lipinski definition) is 3. The second-order valence-electron chi connectivity index (χ2n) is 5.10. The largest absolute Gasteiger partial charge is 0.481 e. The Kier molecular flexibility index (Phi) is 3.57. The molecule has 0 spiro atoms. The minimum absolute atomic E-state index is 0.0562. The van der Waals surface area contributed by atoms with Crippen molar-refractivity contribution in [1.82, 2.24) is 9.80 Å². The number of likely N-dealkylation sites (tertiary alicyclic amines) is 1. The molecular weight excluding hydrogens is 208 g/mol. The molecule has 5 heteroatoms. The van der Waals surface area contributed by atoms with Gasteiger partial charge in [-0.05, 0) is 27.9 Å². The van der Waals surface area contributed by atoms with Crippen LogP contribution in [0.5, 0.6) is 0 Å². The van der Waals surface area contributed by atoms with Gasteiger partial charge in [0.05, 0.1) is 11.5 Å². The highest BCUT2D eigenvalue weighted by atomic mass is 16.4. The molecule has 0 radical (unpaired) electrons. The number of rotatable bonds is 4. The summed E-state index contributed by atoms with van der Waals surface area (Å²) in [5.74, 6) is -1.54. The lowest BCUT2D eigenvalue weighted by molar-refractivity contribution is -0.144. The van der Waals surface area contributed by atoms with E-state index in [1.54, 1.807) is 4.90 Å². The van der Waals surface area contributed by atoms with E-state index in [2.05, 4.69) is 0 Å². The maximum Gasteiger partial charge on any atom is 0.309 e. The summed E-state index contributed by atoms with van der Waals surface area (Å²) < 4.78 is 0. The zero-order chi connectivity index (χ0) is 12.5. The highest BCUT2D eigenvalue weighted by Crippen LogP contribution is 2.35. The van der Waals surface area contributed by atoms with Gasteiger partial charge in [-0.15, -0.1) is 0 Å². The molecule has 1 heterocycles. The van der Waals surface area contributed by atoms with Gasteiger partial charge < -0.3 is 14.9 Å². The van der Waals surface area contributed by atoms with Crippen LogP contribution >= 0.6 is 0 Å². The molecule has 1 amide bonds. The van der Waals surface area contributed by atoms with Crippen molar-refractivity contribution < 1.29 is 14.7 Å². The van der Waals surface area contributed by atoms with Gasteiger partial charge in [-0.3, -0.25) is 9.59 Å². The van der Waals surface area contributed by atoms with Crippen LogP contribution in [-0.4, -0.2) is 59.5 Å². The second kappa shape index (κ2) is 4.41. The van der Waals surface area contributed by atoms with Gasteiger partial charge in [-0.1, -0.05) is 0 Å². The zero-order valence-corrected chi connectivity index (χ0v) is 10.4. The number of likely N-dealkylation sites (N-methyl/N-ethyl adjacent to an activating group) is 1. The van der Waals surface area contributed by atoms with Crippen molar-refractivity contribution >= 4 is 11.9 Å². The fourth-order valence-electron chi connectivity index (χ4n) is 2.15. The first kappa shape index (κ1) is 13.0. The minimum Gasteiger partial charge on any atom is -0.481 e. The molecule has 1 unspecified atom stereocenters. The summed E-state index contributed by atoms with van der Waals surface area (Å²) in [6.07, 6.45) is 0.121. The van der Waals surface area contributed by atoms with Crippen molar-refractivity contribution in [3.8, 4) is 0 Å². The molecule has 92 valence electrons. The Hall–Kier alpha value is -1.10. The standard InChI is InChI=1S/C11H20N2O3/c1-11(2)8(10(15)16)7-9(14)13(11)6-5-12(3)4/h8H,5-7H2,1-4H3,(H,15,16). The quantitative estimate of drug-likeness (QED) is 0.749. The fourth-order valence-corrected chi connectivity index (χ4v) is 2.15. The number of nitrogens with zero attached hydrogens (tertiary/aromatic N) is 2. The Bertz CT molecular complexity index is 300. The molecule has 0 aromatic rings. The summed E-state index contributed by atoms with van der Waals surface area (Å²) in [4.78, 5) is 26.5. The maximum absolute atomic E-state index is 11.8. The van der Waals surface area contributed by atoms with Crippen molar-refractivity contribution in [1.29, 1.82) is 0 Å². The van der Waals surface area contributed by atoms with Crippen molar-refractivity contribution in [2.24, 2.45) is 5.92 Å². The van der Waals surface area contributed by atoms with E-state index in [0.29, 0.717) is 6.54 Å². The van der Waals surface area contributed by atoms with Gasteiger partial charge in [-0.2, -0.15) is 0 Å². The fraction of sp³-hybridized carbons (Fsp3) is 0.818. The van der Waals surface area contributed by atoms with Crippen LogP contribution in [0.1, 0.15) is 20.3 Å². The molecule has 0 aromatic carbocycles. The van der Waals surface area contributed by atoms with E-state index in [0.717, 1.165) is 6.54 Å². The number of carbonyl (C=O) groups is 2. The summed E-state index contributed by atoms with van der Waals surface area (Å²) >= 11 is 0. The van der Waals surface area contributed by atoms with E-state index in [1.165, 1.54) is 0 Å². The lowest BCUT2D eigenvalue weighted by atomic mass is 9.88. The number of amides is 1. The third-order valence-electron chi connectivity index (χ3n) is 3.30. The summed E-state index contributed by atoms with van der Waals surface area (Å²) in [7, 11) is 3.87. The molecule has 0 aliphatic carbocycles. The lowest BCUT2D eigenvalue weighted by Crippen LogP contribution is -2.48. The van der Waals surface area contributed by atoms with E-state index < -0.39 is 17.4 Å². The molecule has 1 aliphatic rings. The predicted molar refractivity (Wildman–Crippen MR) is 60.1 cm³/mol. The maximum atomic E-state index is 11.8. The first-order valence-electron chi connectivity index (χ1n) is 5.45. The first-order valence-corrected chi connectivity index (χ1v) is 5.45. The molecule has 5 nitrogen and oxygen atoms in total. The normalized spacial score (nSPS) is 24.2. The smallest absolute Gasteiger partial charge is 0.309 e. The number of carbonyl (C=O) groups excluding carboxylic acids is 1. The number of aliphatic carboxylic acids is 1. The summed E-state index contributed by atoms with van der Waals surface area (Å²) in [6.45, 7) is 4.99. The van der Waals surface area contributed by atoms with Gasteiger partial charge in [0.1, 0.15) is 0 Å². The molecular formula is C11H20N2O3. The van der Waals surface area contributed by atoms with Gasteiger partial charge in [0.15, 0.2) is 0 Å².